The molecule has 1 unspecified atom stereocenters. The number of nitrogens with zero attached hydrogens (tertiary/aromatic N) is 1. The third-order valence-electron chi connectivity index (χ3n) is 3.31. The number of aliphatic hydroxyl groups is 1. The third kappa shape index (κ3) is 3.03. The number of hydrogen-bond acceptors (Lipinski definition) is 3. The van der Waals surface area contributed by atoms with Gasteiger partial charge >= 0.3 is 0 Å². The Morgan fingerprint density at radius 3 is 3.06 bits per heavy atom. The Morgan fingerprint density at radius 1 is 1.53 bits per heavy atom. The first-order valence-corrected chi connectivity index (χ1v) is 6.35. The Bertz CT molecular complexity index is 408. The number of benzene rings is 1. The van der Waals surface area contributed by atoms with Crippen molar-refractivity contribution in [1.29, 1.82) is 0 Å². The zero-order valence-electron chi connectivity index (χ0n) is 9.80. The van der Waals surface area contributed by atoms with Gasteiger partial charge in [0.15, 0.2) is 0 Å². The fourth-order valence-electron chi connectivity index (χ4n) is 2.37. The van der Waals surface area contributed by atoms with Crippen LogP contribution in [0.3, 0.4) is 0 Å². The zero-order valence-corrected chi connectivity index (χ0v) is 10.6. The molecule has 0 saturated carbocycles. The highest BCUT2D eigenvalue weighted by Crippen LogP contribution is 2.19. The van der Waals surface area contributed by atoms with Gasteiger partial charge in [-0.3, -0.25) is 4.90 Å². The number of thiocarbonyl (C=S) groups is 1. The molecule has 92 valence electrons. The van der Waals surface area contributed by atoms with Gasteiger partial charge in [0.2, 0.25) is 0 Å². The highest BCUT2D eigenvalue weighted by Gasteiger charge is 2.23. The van der Waals surface area contributed by atoms with Crippen molar-refractivity contribution in [2.75, 3.05) is 13.2 Å². The molecule has 1 aromatic carbocycles. The van der Waals surface area contributed by atoms with Crippen molar-refractivity contribution in [1.82, 2.24) is 4.90 Å². The summed E-state index contributed by atoms with van der Waals surface area (Å²) in [5.41, 5.74) is 7.74. The lowest BCUT2D eigenvalue weighted by Gasteiger charge is -2.22. The largest absolute Gasteiger partial charge is 0.395 e. The highest BCUT2D eigenvalue weighted by atomic mass is 32.1. The SMILES string of the molecule is NC(=S)c1cccc(CN2CCCC2CO)c1. The summed E-state index contributed by atoms with van der Waals surface area (Å²) >= 11 is 4.97. The van der Waals surface area contributed by atoms with Crippen LogP contribution in [0.25, 0.3) is 0 Å². The maximum Gasteiger partial charge on any atom is 0.103 e. The Labute approximate surface area is 107 Å². The summed E-state index contributed by atoms with van der Waals surface area (Å²) in [4.78, 5) is 2.76. The standard InChI is InChI=1S/C13H18N2OS/c14-13(17)11-4-1-3-10(7-11)8-15-6-2-5-12(15)9-16/h1,3-4,7,12,16H,2,5-6,8-9H2,(H2,14,17). The summed E-state index contributed by atoms with van der Waals surface area (Å²) in [5.74, 6) is 0. The average molecular weight is 250 g/mol. The summed E-state index contributed by atoms with van der Waals surface area (Å²) in [6.07, 6.45) is 2.26. The van der Waals surface area contributed by atoms with Gasteiger partial charge in [0.1, 0.15) is 4.99 Å². The van der Waals surface area contributed by atoms with E-state index < -0.39 is 0 Å². The van der Waals surface area contributed by atoms with E-state index in [1.54, 1.807) is 0 Å². The zero-order chi connectivity index (χ0) is 12.3. The van der Waals surface area contributed by atoms with Gasteiger partial charge in [0.25, 0.3) is 0 Å². The molecular weight excluding hydrogens is 232 g/mol. The second-order valence-electron chi connectivity index (χ2n) is 4.51. The summed E-state index contributed by atoms with van der Waals surface area (Å²) in [5, 5.41) is 9.27. The van der Waals surface area contributed by atoms with E-state index >= 15 is 0 Å². The van der Waals surface area contributed by atoms with E-state index in [1.807, 2.05) is 18.2 Å². The van der Waals surface area contributed by atoms with E-state index in [0.29, 0.717) is 11.0 Å². The average Bonchev–Trinajstić information content (AvgIpc) is 2.76. The van der Waals surface area contributed by atoms with Crippen molar-refractivity contribution >= 4 is 17.2 Å². The molecule has 1 fully saturated rings. The van der Waals surface area contributed by atoms with E-state index in [1.165, 1.54) is 12.0 Å². The van der Waals surface area contributed by atoms with E-state index in [2.05, 4.69) is 11.0 Å². The van der Waals surface area contributed by atoms with Crippen LogP contribution in [0.15, 0.2) is 24.3 Å². The molecule has 0 spiro atoms. The molecule has 0 aliphatic carbocycles. The van der Waals surface area contributed by atoms with Crippen LogP contribution in [-0.2, 0) is 6.54 Å². The van der Waals surface area contributed by atoms with Crippen LogP contribution < -0.4 is 5.73 Å². The first kappa shape index (κ1) is 12.5. The van der Waals surface area contributed by atoms with Crippen LogP contribution >= 0.6 is 12.2 Å². The molecule has 0 bridgehead atoms. The van der Waals surface area contributed by atoms with Crippen LogP contribution in [0.1, 0.15) is 24.0 Å². The number of hydrogen-bond donors (Lipinski definition) is 2. The van der Waals surface area contributed by atoms with Gasteiger partial charge in [-0.05, 0) is 31.0 Å². The van der Waals surface area contributed by atoms with Crippen LogP contribution in [0.5, 0.6) is 0 Å². The molecule has 1 aliphatic heterocycles. The third-order valence-corrected chi connectivity index (χ3v) is 3.54. The molecule has 0 aromatic heterocycles. The van der Waals surface area contributed by atoms with Crippen molar-refractivity contribution in [2.45, 2.75) is 25.4 Å². The second kappa shape index (κ2) is 5.58. The normalized spacial score (nSPS) is 20.6. The minimum absolute atomic E-state index is 0.245. The first-order chi connectivity index (χ1) is 8.20. The van der Waals surface area contributed by atoms with Gasteiger partial charge < -0.3 is 10.8 Å². The van der Waals surface area contributed by atoms with Gasteiger partial charge in [-0.1, -0.05) is 30.4 Å². The van der Waals surface area contributed by atoms with Crippen LogP contribution in [0.4, 0.5) is 0 Å². The fourth-order valence-corrected chi connectivity index (χ4v) is 2.49. The number of rotatable bonds is 4. The number of likely N-dealkylation sites (tertiary alicyclic amines) is 1. The van der Waals surface area contributed by atoms with E-state index in [9.17, 15) is 5.11 Å². The van der Waals surface area contributed by atoms with Crippen LogP contribution in [0, 0.1) is 0 Å². The molecule has 3 nitrogen and oxygen atoms in total. The van der Waals surface area contributed by atoms with Gasteiger partial charge in [-0.2, -0.15) is 0 Å². The molecule has 1 aliphatic rings. The van der Waals surface area contributed by atoms with E-state index in [4.69, 9.17) is 18.0 Å². The van der Waals surface area contributed by atoms with Crippen LogP contribution in [-0.4, -0.2) is 34.2 Å². The summed E-state index contributed by atoms with van der Waals surface area (Å²) < 4.78 is 0. The topological polar surface area (TPSA) is 49.5 Å². The predicted octanol–water partition coefficient (Wildman–Crippen LogP) is 1.28. The smallest absolute Gasteiger partial charge is 0.103 e. The maximum atomic E-state index is 9.27. The predicted molar refractivity (Wildman–Crippen MR) is 72.8 cm³/mol. The fraction of sp³-hybridized carbons (Fsp3) is 0.462. The molecule has 1 saturated heterocycles. The molecule has 4 heteroatoms. The molecule has 0 amide bonds. The van der Waals surface area contributed by atoms with Crippen molar-refractivity contribution in [3.05, 3.63) is 35.4 Å². The lowest BCUT2D eigenvalue weighted by molar-refractivity contribution is 0.153. The minimum atomic E-state index is 0.245. The Hall–Kier alpha value is -0.970. The molecule has 1 atom stereocenters. The Kier molecular flexibility index (Phi) is 4.10. The van der Waals surface area contributed by atoms with Crippen LogP contribution in [0.2, 0.25) is 0 Å². The minimum Gasteiger partial charge on any atom is -0.395 e. The van der Waals surface area contributed by atoms with E-state index in [-0.39, 0.29) is 6.61 Å². The Morgan fingerprint density at radius 2 is 2.35 bits per heavy atom. The van der Waals surface area contributed by atoms with Gasteiger partial charge in [0, 0.05) is 18.2 Å². The first-order valence-electron chi connectivity index (χ1n) is 5.94. The van der Waals surface area contributed by atoms with Crippen molar-refractivity contribution in [3.8, 4) is 0 Å². The molecular formula is C13H18N2OS. The van der Waals surface area contributed by atoms with Crippen molar-refractivity contribution in [2.24, 2.45) is 5.73 Å². The number of aliphatic hydroxyl groups excluding tert-OH is 1. The number of nitrogens with two attached hydrogens (primary N) is 1. The van der Waals surface area contributed by atoms with Gasteiger partial charge in [0.05, 0.1) is 6.61 Å². The molecule has 1 heterocycles. The van der Waals surface area contributed by atoms with Gasteiger partial charge in [-0.25, -0.2) is 0 Å². The maximum absolute atomic E-state index is 9.27. The molecule has 0 radical (unpaired) electrons. The van der Waals surface area contributed by atoms with Crippen molar-refractivity contribution < 1.29 is 5.11 Å². The lowest BCUT2D eigenvalue weighted by Crippen LogP contribution is -2.31. The monoisotopic (exact) mass is 250 g/mol. The summed E-state index contributed by atoms with van der Waals surface area (Å²) in [7, 11) is 0. The molecule has 3 N–H and O–H groups in total. The highest BCUT2D eigenvalue weighted by molar-refractivity contribution is 7.80. The molecule has 17 heavy (non-hydrogen) atoms. The lowest BCUT2D eigenvalue weighted by atomic mass is 10.1. The van der Waals surface area contributed by atoms with Gasteiger partial charge in [-0.15, -0.1) is 0 Å². The summed E-state index contributed by atoms with van der Waals surface area (Å²) in [6, 6.07) is 8.33. The Balaban J connectivity index is 2.07. The molecule has 1 aromatic rings. The summed E-state index contributed by atoms with van der Waals surface area (Å²) in [6.45, 7) is 2.17. The molecule has 2 rings (SSSR count). The van der Waals surface area contributed by atoms with E-state index in [0.717, 1.165) is 25.1 Å². The quantitative estimate of drug-likeness (QED) is 0.790. The van der Waals surface area contributed by atoms with Crippen molar-refractivity contribution in [3.63, 3.8) is 0 Å². The second-order valence-corrected chi connectivity index (χ2v) is 4.95.